The maximum absolute atomic E-state index is 10.1. The fourth-order valence-corrected chi connectivity index (χ4v) is 0.606. The van der Waals surface area contributed by atoms with Gasteiger partial charge in [-0.15, -0.1) is 0 Å². The second kappa shape index (κ2) is 2.78. The Morgan fingerprint density at radius 1 is 1.90 bits per heavy atom. The number of nitriles is 1. The number of hydrogen-bond donors (Lipinski definition) is 0. The van der Waals surface area contributed by atoms with Gasteiger partial charge in [0.1, 0.15) is 12.2 Å². The molecule has 0 unspecified atom stereocenters. The second-order valence-corrected chi connectivity index (χ2v) is 1.75. The molecule has 0 fully saturated rings. The van der Waals surface area contributed by atoms with Crippen molar-refractivity contribution in [3.63, 3.8) is 0 Å². The predicted octanol–water partition coefficient (Wildman–Crippen LogP) is 0.219. The first-order valence-electron chi connectivity index (χ1n) is 2.70. The molecule has 0 saturated carbocycles. The standard InChI is InChI=1S/C6H5N3O/c7-1-2-9-3-6(4-10)8-5-9/h3-5H,2H2. The third-order valence-corrected chi connectivity index (χ3v) is 1.03. The highest BCUT2D eigenvalue weighted by Crippen LogP contribution is 1.90. The molecule has 0 saturated heterocycles. The Labute approximate surface area is 57.7 Å². The zero-order valence-electron chi connectivity index (χ0n) is 5.19. The Kier molecular flexibility index (Phi) is 1.80. The molecule has 0 aliphatic carbocycles. The summed E-state index contributed by atoms with van der Waals surface area (Å²) in [6, 6.07) is 1.93. The van der Waals surface area contributed by atoms with Crippen LogP contribution in [0.3, 0.4) is 0 Å². The van der Waals surface area contributed by atoms with Gasteiger partial charge in [-0.25, -0.2) is 4.98 Å². The van der Waals surface area contributed by atoms with Gasteiger partial charge in [0.25, 0.3) is 0 Å². The van der Waals surface area contributed by atoms with Crippen molar-refractivity contribution in [3.8, 4) is 6.07 Å². The van der Waals surface area contributed by atoms with Crippen LogP contribution >= 0.6 is 0 Å². The van der Waals surface area contributed by atoms with Crippen molar-refractivity contribution in [2.75, 3.05) is 0 Å². The van der Waals surface area contributed by atoms with Crippen molar-refractivity contribution in [1.82, 2.24) is 9.55 Å². The van der Waals surface area contributed by atoms with Crippen LogP contribution in [0.25, 0.3) is 0 Å². The molecule has 0 radical (unpaired) electrons. The third kappa shape index (κ3) is 1.20. The van der Waals surface area contributed by atoms with Crippen LogP contribution in [0.15, 0.2) is 12.5 Å². The molecular formula is C6H5N3O. The molecular weight excluding hydrogens is 130 g/mol. The molecule has 4 nitrogen and oxygen atoms in total. The minimum atomic E-state index is 0.237. The van der Waals surface area contributed by atoms with E-state index in [-0.39, 0.29) is 6.54 Å². The maximum atomic E-state index is 10.1. The van der Waals surface area contributed by atoms with Gasteiger partial charge in [-0.05, 0) is 0 Å². The van der Waals surface area contributed by atoms with Gasteiger partial charge in [0.2, 0.25) is 0 Å². The first-order chi connectivity index (χ1) is 4.86. The van der Waals surface area contributed by atoms with E-state index in [9.17, 15) is 4.79 Å². The van der Waals surface area contributed by atoms with Crippen LogP contribution in [0.4, 0.5) is 0 Å². The number of carbonyl (C=O) groups is 1. The minimum absolute atomic E-state index is 0.237. The zero-order chi connectivity index (χ0) is 7.40. The summed E-state index contributed by atoms with van der Waals surface area (Å²) >= 11 is 0. The number of carbonyl (C=O) groups excluding carboxylic acids is 1. The van der Waals surface area contributed by atoms with Crippen molar-refractivity contribution in [3.05, 3.63) is 18.2 Å². The van der Waals surface area contributed by atoms with Crippen LogP contribution in [-0.4, -0.2) is 15.8 Å². The summed E-state index contributed by atoms with van der Waals surface area (Å²) < 4.78 is 1.55. The van der Waals surface area contributed by atoms with E-state index < -0.39 is 0 Å². The highest BCUT2D eigenvalue weighted by atomic mass is 16.1. The van der Waals surface area contributed by atoms with Gasteiger partial charge in [-0.1, -0.05) is 0 Å². The molecule has 50 valence electrons. The minimum Gasteiger partial charge on any atom is -0.323 e. The first-order valence-corrected chi connectivity index (χ1v) is 2.70. The zero-order valence-corrected chi connectivity index (χ0v) is 5.19. The molecule has 1 heterocycles. The summed E-state index contributed by atoms with van der Waals surface area (Å²) in [5, 5.41) is 8.21. The number of nitrogens with zero attached hydrogens (tertiary/aromatic N) is 3. The van der Waals surface area contributed by atoms with Crippen LogP contribution < -0.4 is 0 Å². The molecule has 0 aliphatic rings. The lowest BCUT2D eigenvalue weighted by Crippen LogP contribution is -1.89. The maximum Gasteiger partial charge on any atom is 0.169 e. The second-order valence-electron chi connectivity index (χ2n) is 1.75. The third-order valence-electron chi connectivity index (χ3n) is 1.03. The van der Waals surface area contributed by atoms with Gasteiger partial charge >= 0.3 is 0 Å². The molecule has 0 aromatic carbocycles. The normalized spacial score (nSPS) is 8.70. The number of aromatic nitrogens is 2. The van der Waals surface area contributed by atoms with E-state index in [0.717, 1.165) is 0 Å². The quantitative estimate of drug-likeness (QED) is 0.545. The summed E-state index contributed by atoms with van der Waals surface area (Å²) in [6.07, 6.45) is 3.62. The molecule has 1 aromatic heterocycles. The van der Waals surface area contributed by atoms with Crippen LogP contribution in [0.2, 0.25) is 0 Å². The Morgan fingerprint density at radius 2 is 2.70 bits per heavy atom. The van der Waals surface area contributed by atoms with E-state index in [0.29, 0.717) is 12.0 Å². The number of aldehydes is 1. The lowest BCUT2D eigenvalue weighted by atomic mass is 10.5. The van der Waals surface area contributed by atoms with Gasteiger partial charge in [-0.3, -0.25) is 4.79 Å². The van der Waals surface area contributed by atoms with E-state index in [4.69, 9.17) is 5.26 Å². The van der Waals surface area contributed by atoms with Crippen molar-refractivity contribution in [2.45, 2.75) is 6.54 Å². The molecule has 4 heteroatoms. The lowest BCUT2D eigenvalue weighted by Gasteiger charge is -1.86. The van der Waals surface area contributed by atoms with Gasteiger partial charge in [0, 0.05) is 6.20 Å². The molecule has 0 aliphatic heterocycles. The highest BCUT2D eigenvalue weighted by molar-refractivity contribution is 5.70. The summed E-state index contributed by atoms with van der Waals surface area (Å²) in [6.45, 7) is 0.237. The largest absolute Gasteiger partial charge is 0.323 e. The fraction of sp³-hybridized carbons (Fsp3) is 0.167. The molecule has 1 aromatic rings. The SMILES string of the molecule is N#CCn1cnc(C=O)c1. The highest BCUT2D eigenvalue weighted by Gasteiger charge is 1.93. The molecule has 0 N–H and O–H groups in total. The first kappa shape index (κ1) is 6.49. The monoisotopic (exact) mass is 135 g/mol. The van der Waals surface area contributed by atoms with Crippen molar-refractivity contribution >= 4 is 6.29 Å². The van der Waals surface area contributed by atoms with E-state index in [2.05, 4.69) is 4.98 Å². The topological polar surface area (TPSA) is 58.7 Å². The number of hydrogen-bond acceptors (Lipinski definition) is 3. The molecule has 0 bridgehead atoms. The molecule has 0 spiro atoms. The average Bonchev–Trinajstić information content (AvgIpc) is 2.37. The predicted molar refractivity (Wildman–Crippen MR) is 33.2 cm³/mol. The molecule has 1 rings (SSSR count). The average molecular weight is 135 g/mol. The summed E-state index contributed by atoms with van der Waals surface area (Å²) in [5.41, 5.74) is 0.357. The molecule has 0 amide bonds. The Balaban J connectivity index is 2.80. The van der Waals surface area contributed by atoms with Crippen molar-refractivity contribution < 1.29 is 4.79 Å². The Morgan fingerprint density at radius 3 is 3.20 bits per heavy atom. The van der Waals surface area contributed by atoms with Gasteiger partial charge in [0.05, 0.1) is 12.4 Å². The molecule has 0 atom stereocenters. The van der Waals surface area contributed by atoms with E-state index in [1.54, 1.807) is 4.57 Å². The van der Waals surface area contributed by atoms with Crippen molar-refractivity contribution in [2.24, 2.45) is 0 Å². The fourth-order valence-electron chi connectivity index (χ4n) is 0.606. The summed E-state index contributed by atoms with van der Waals surface area (Å²) in [7, 11) is 0. The van der Waals surface area contributed by atoms with Gasteiger partial charge in [-0.2, -0.15) is 5.26 Å². The van der Waals surface area contributed by atoms with Crippen molar-refractivity contribution in [1.29, 1.82) is 5.26 Å². The Bertz CT molecular complexity index is 271. The number of rotatable bonds is 2. The molecule has 10 heavy (non-hydrogen) atoms. The van der Waals surface area contributed by atoms with E-state index >= 15 is 0 Å². The van der Waals surface area contributed by atoms with Gasteiger partial charge < -0.3 is 4.57 Å². The summed E-state index contributed by atoms with van der Waals surface area (Å²) in [5.74, 6) is 0. The smallest absolute Gasteiger partial charge is 0.169 e. The Hall–Kier alpha value is -1.63. The van der Waals surface area contributed by atoms with Crippen LogP contribution in [0.5, 0.6) is 0 Å². The number of imidazole rings is 1. The van der Waals surface area contributed by atoms with Gasteiger partial charge in [0.15, 0.2) is 6.29 Å². The summed E-state index contributed by atoms with van der Waals surface area (Å²) in [4.78, 5) is 13.8. The van der Waals surface area contributed by atoms with Crippen LogP contribution in [-0.2, 0) is 6.54 Å². The van der Waals surface area contributed by atoms with E-state index in [1.807, 2.05) is 6.07 Å². The van der Waals surface area contributed by atoms with E-state index in [1.165, 1.54) is 12.5 Å². The van der Waals surface area contributed by atoms with Crippen LogP contribution in [0.1, 0.15) is 10.5 Å². The van der Waals surface area contributed by atoms with Crippen LogP contribution in [0, 0.1) is 11.3 Å². The lowest BCUT2D eigenvalue weighted by molar-refractivity contribution is 0.111.